The molecule has 0 bridgehead atoms. The van der Waals surface area contributed by atoms with Gasteiger partial charge in [0, 0.05) is 0 Å². The number of rotatable bonds is 7. The van der Waals surface area contributed by atoms with E-state index in [4.69, 9.17) is 4.55 Å². The fourth-order valence-corrected chi connectivity index (χ4v) is 2.12. The van der Waals surface area contributed by atoms with Gasteiger partial charge in [0.25, 0.3) is 0 Å². The van der Waals surface area contributed by atoms with Crippen molar-refractivity contribution in [2.75, 3.05) is 5.75 Å². The number of hydrogen-bond acceptors (Lipinski definition) is 1. The van der Waals surface area contributed by atoms with E-state index in [0.29, 0.717) is 0 Å². The van der Waals surface area contributed by atoms with Gasteiger partial charge in [-0.2, -0.15) is 0 Å². The molecule has 0 rings (SSSR count). The molecule has 3 heteroatoms. The van der Waals surface area contributed by atoms with Gasteiger partial charge >= 0.3 is 0 Å². The molecule has 0 spiro atoms. The molecule has 1 atom stereocenters. The molecule has 0 saturated carbocycles. The zero-order chi connectivity index (χ0) is 14.8. The SMILES string of the molecule is CC(C)=CCC/C(C)=C/C(C)=C/C(C)=C/CS(=O)O. The van der Waals surface area contributed by atoms with E-state index in [9.17, 15) is 4.21 Å². The second-order valence-electron chi connectivity index (χ2n) is 5.14. The van der Waals surface area contributed by atoms with Gasteiger partial charge in [0.1, 0.15) is 0 Å². The molecule has 0 aromatic rings. The number of allylic oxidation sites excluding steroid dienone is 7. The van der Waals surface area contributed by atoms with E-state index in [1.54, 1.807) is 6.08 Å². The zero-order valence-corrected chi connectivity index (χ0v) is 13.5. The Morgan fingerprint density at radius 1 is 1.00 bits per heavy atom. The molecule has 2 nitrogen and oxygen atoms in total. The lowest BCUT2D eigenvalue weighted by Crippen LogP contribution is -1.90. The largest absolute Gasteiger partial charge is 0.306 e. The highest BCUT2D eigenvalue weighted by Gasteiger charge is 1.93. The van der Waals surface area contributed by atoms with Crippen molar-refractivity contribution in [3.05, 3.63) is 46.6 Å². The lowest BCUT2D eigenvalue weighted by Gasteiger charge is -2.01. The third-order valence-electron chi connectivity index (χ3n) is 2.57. The summed E-state index contributed by atoms with van der Waals surface area (Å²) in [5.41, 5.74) is 4.90. The van der Waals surface area contributed by atoms with Crippen molar-refractivity contribution in [1.82, 2.24) is 0 Å². The van der Waals surface area contributed by atoms with Gasteiger partial charge in [-0.05, 0) is 47.5 Å². The van der Waals surface area contributed by atoms with E-state index >= 15 is 0 Å². The summed E-state index contributed by atoms with van der Waals surface area (Å²) in [5.74, 6) is 0.193. The maximum absolute atomic E-state index is 10.6. The van der Waals surface area contributed by atoms with Gasteiger partial charge < -0.3 is 4.55 Å². The Labute approximate surface area is 120 Å². The van der Waals surface area contributed by atoms with Gasteiger partial charge in [0.15, 0.2) is 11.1 Å². The molecule has 0 aliphatic carbocycles. The molecule has 0 radical (unpaired) electrons. The van der Waals surface area contributed by atoms with E-state index in [1.807, 2.05) is 13.0 Å². The van der Waals surface area contributed by atoms with Crippen LogP contribution >= 0.6 is 0 Å². The van der Waals surface area contributed by atoms with E-state index in [-0.39, 0.29) is 5.75 Å². The minimum atomic E-state index is -1.75. The highest BCUT2D eigenvalue weighted by molar-refractivity contribution is 7.79. The van der Waals surface area contributed by atoms with Crippen molar-refractivity contribution in [3.8, 4) is 0 Å². The van der Waals surface area contributed by atoms with Crippen molar-refractivity contribution >= 4 is 11.1 Å². The summed E-state index contributed by atoms with van der Waals surface area (Å²) in [6.07, 6.45) is 10.4. The standard InChI is InChI=1S/C16H26O2S/c1-13(2)7-6-8-14(3)11-16(5)12-15(4)9-10-19(17)18/h7,9,11-12H,6,8,10H2,1-5H3,(H,17,18)/b14-11+,15-9+,16-12+. The Bertz CT molecular complexity index is 422. The van der Waals surface area contributed by atoms with Crippen molar-refractivity contribution in [1.29, 1.82) is 0 Å². The van der Waals surface area contributed by atoms with Gasteiger partial charge in [-0.3, -0.25) is 0 Å². The molecule has 0 heterocycles. The molecular weight excluding hydrogens is 256 g/mol. The smallest absolute Gasteiger partial charge is 0.156 e. The summed E-state index contributed by atoms with van der Waals surface area (Å²) in [6, 6.07) is 0. The average molecular weight is 282 g/mol. The lowest BCUT2D eigenvalue weighted by molar-refractivity contribution is 0.567. The summed E-state index contributed by atoms with van der Waals surface area (Å²) >= 11 is -1.75. The van der Waals surface area contributed by atoms with Crippen LogP contribution in [0.1, 0.15) is 47.5 Å². The summed E-state index contributed by atoms with van der Waals surface area (Å²) < 4.78 is 19.3. The van der Waals surface area contributed by atoms with Gasteiger partial charge in [-0.1, -0.05) is 46.6 Å². The minimum absolute atomic E-state index is 0.193. The Balaban J connectivity index is 4.47. The first-order valence-corrected chi connectivity index (χ1v) is 7.82. The highest BCUT2D eigenvalue weighted by atomic mass is 32.2. The Morgan fingerprint density at radius 3 is 2.16 bits per heavy atom. The van der Waals surface area contributed by atoms with Crippen molar-refractivity contribution in [2.45, 2.75) is 47.5 Å². The highest BCUT2D eigenvalue weighted by Crippen LogP contribution is 2.11. The van der Waals surface area contributed by atoms with Crippen LogP contribution in [0.4, 0.5) is 0 Å². The first-order valence-electron chi connectivity index (χ1n) is 6.54. The summed E-state index contributed by atoms with van der Waals surface area (Å²) in [7, 11) is 0. The fraction of sp³-hybridized carbons (Fsp3) is 0.500. The van der Waals surface area contributed by atoms with Gasteiger partial charge in [-0.25, -0.2) is 4.21 Å². The molecule has 0 aromatic heterocycles. The van der Waals surface area contributed by atoms with Crippen molar-refractivity contribution < 1.29 is 8.76 Å². The summed E-state index contributed by atoms with van der Waals surface area (Å²) in [5, 5.41) is 0. The lowest BCUT2D eigenvalue weighted by atomic mass is 10.1. The van der Waals surface area contributed by atoms with Crippen molar-refractivity contribution in [3.63, 3.8) is 0 Å². The normalized spacial score (nSPS) is 15.4. The van der Waals surface area contributed by atoms with Crippen LogP contribution in [0, 0.1) is 0 Å². The van der Waals surface area contributed by atoms with Gasteiger partial charge in [0.2, 0.25) is 0 Å². The molecule has 19 heavy (non-hydrogen) atoms. The van der Waals surface area contributed by atoms with E-state index in [2.05, 4.69) is 39.8 Å². The summed E-state index contributed by atoms with van der Waals surface area (Å²) in [4.78, 5) is 0. The van der Waals surface area contributed by atoms with E-state index < -0.39 is 11.1 Å². The maximum atomic E-state index is 10.6. The van der Waals surface area contributed by atoms with Crippen LogP contribution < -0.4 is 0 Å². The second kappa shape index (κ2) is 9.93. The van der Waals surface area contributed by atoms with Crippen LogP contribution in [0.25, 0.3) is 0 Å². The average Bonchev–Trinajstić information content (AvgIpc) is 2.25. The van der Waals surface area contributed by atoms with E-state index in [1.165, 1.54) is 16.7 Å². The predicted octanol–water partition coefficient (Wildman–Crippen LogP) is 4.79. The quantitative estimate of drug-likeness (QED) is 0.414. The summed E-state index contributed by atoms with van der Waals surface area (Å²) in [6.45, 7) is 10.4. The minimum Gasteiger partial charge on any atom is -0.306 e. The topological polar surface area (TPSA) is 37.3 Å². The Kier molecular flexibility index (Phi) is 9.44. The predicted molar refractivity (Wildman–Crippen MR) is 85.6 cm³/mol. The second-order valence-corrected chi connectivity index (χ2v) is 6.11. The third-order valence-corrected chi connectivity index (χ3v) is 3.02. The molecule has 0 amide bonds. The molecule has 0 saturated heterocycles. The van der Waals surface area contributed by atoms with E-state index in [0.717, 1.165) is 18.4 Å². The van der Waals surface area contributed by atoms with Crippen LogP contribution in [0.3, 0.4) is 0 Å². The Hall–Kier alpha value is -0.930. The van der Waals surface area contributed by atoms with Crippen LogP contribution in [0.5, 0.6) is 0 Å². The monoisotopic (exact) mass is 282 g/mol. The molecule has 0 aliphatic rings. The zero-order valence-electron chi connectivity index (χ0n) is 12.7. The van der Waals surface area contributed by atoms with Crippen LogP contribution in [0.15, 0.2) is 46.6 Å². The molecule has 0 fully saturated rings. The molecule has 1 unspecified atom stereocenters. The molecular formula is C16H26O2S. The Morgan fingerprint density at radius 2 is 1.63 bits per heavy atom. The first-order chi connectivity index (χ1) is 8.81. The first kappa shape index (κ1) is 18.1. The van der Waals surface area contributed by atoms with Crippen LogP contribution in [-0.4, -0.2) is 14.5 Å². The maximum Gasteiger partial charge on any atom is 0.156 e. The molecule has 108 valence electrons. The fourth-order valence-electron chi connectivity index (χ4n) is 1.71. The third kappa shape index (κ3) is 11.9. The van der Waals surface area contributed by atoms with Gasteiger partial charge in [0.05, 0.1) is 5.75 Å². The van der Waals surface area contributed by atoms with Crippen LogP contribution in [-0.2, 0) is 11.1 Å². The van der Waals surface area contributed by atoms with Crippen LogP contribution in [0.2, 0.25) is 0 Å². The van der Waals surface area contributed by atoms with Crippen molar-refractivity contribution in [2.24, 2.45) is 0 Å². The molecule has 0 aromatic carbocycles. The number of hydrogen-bond donors (Lipinski definition) is 1. The van der Waals surface area contributed by atoms with Gasteiger partial charge in [-0.15, -0.1) is 0 Å². The molecule has 1 N–H and O–H groups in total. The molecule has 0 aliphatic heterocycles.